The van der Waals surface area contributed by atoms with Crippen molar-refractivity contribution in [2.24, 2.45) is 11.3 Å². The van der Waals surface area contributed by atoms with Gasteiger partial charge < -0.3 is 9.84 Å². The summed E-state index contributed by atoms with van der Waals surface area (Å²) in [7, 11) is 0. The van der Waals surface area contributed by atoms with Crippen molar-refractivity contribution in [1.82, 2.24) is 4.90 Å². The second kappa shape index (κ2) is 6.88. The third-order valence-corrected chi connectivity index (χ3v) is 3.79. The highest BCUT2D eigenvalue weighted by atomic mass is 16.5. The first-order chi connectivity index (χ1) is 8.91. The molecule has 5 heteroatoms. The number of nitrogens with zero attached hydrogens (tertiary/aromatic N) is 2. The van der Waals surface area contributed by atoms with E-state index in [0.717, 1.165) is 25.9 Å². The van der Waals surface area contributed by atoms with Crippen LogP contribution < -0.4 is 0 Å². The van der Waals surface area contributed by atoms with Crippen molar-refractivity contribution in [1.29, 1.82) is 5.26 Å². The Balaban J connectivity index is 2.50. The van der Waals surface area contributed by atoms with E-state index in [0.29, 0.717) is 13.2 Å². The van der Waals surface area contributed by atoms with Crippen molar-refractivity contribution in [3.05, 3.63) is 0 Å². The van der Waals surface area contributed by atoms with Crippen molar-refractivity contribution in [2.75, 3.05) is 26.3 Å². The Morgan fingerprint density at radius 3 is 2.74 bits per heavy atom. The summed E-state index contributed by atoms with van der Waals surface area (Å²) in [6.07, 6.45) is 1.72. The van der Waals surface area contributed by atoms with Gasteiger partial charge >= 0.3 is 5.97 Å². The maximum Gasteiger partial charge on any atom is 0.310 e. The van der Waals surface area contributed by atoms with E-state index in [1.807, 2.05) is 20.8 Å². The smallest absolute Gasteiger partial charge is 0.310 e. The van der Waals surface area contributed by atoms with Crippen LogP contribution in [0.5, 0.6) is 0 Å². The largest absolute Gasteiger partial charge is 0.481 e. The topological polar surface area (TPSA) is 73.6 Å². The summed E-state index contributed by atoms with van der Waals surface area (Å²) >= 11 is 0. The van der Waals surface area contributed by atoms with Gasteiger partial charge in [0.2, 0.25) is 0 Å². The maximum atomic E-state index is 11.2. The van der Waals surface area contributed by atoms with Crippen LogP contribution in [0, 0.1) is 22.7 Å². The molecule has 0 aromatic rings. The summed E-state index contributed by atoms with van der Waals surface area (Å²) in [6.45, 7) is 8.33. The van der Waals surface area contributed by atoms with E-state index in [9.17, 15) is 9.90 Å². The first kappa shape index (κ1) is 15.9. The molecule has 0 spiro atoms. The van der Waals surface area contributed by atoms with Gasteiger partial charge in [-0.05, 0) is 39.8 Å². The van der Waals surface area contributed by atoms with Gasteiger partial charge in [-0.1, -0.05) is 6.92 Å². The average Bonchev–Trinajstić information content (AvgIpc) is 2.84. The summed E-state index contributed by atoms with van der Waals surface area (Å²) in [6, 6.07) is 2.26. The molecule has 0 aliphatic carbocycles. The van der Waals surface area contributed by atoms with Gasteiger partial charge in [-0.25, -0.2) is 0 Å². The van der Waals surface area contributed by atoms with Crippen LogP contribution in [-0.4, -0.2) is 48.3 Å². The lowest BCUT2D eigenvalue weighted by molar-refractivity contribution is -0.143. The van der Waals surface area contributed by atoms with Gasteiger partial charge in [0.05, 0.1) is 30.6 Å². The molecule has 0 saturated carbocycles. The van der Waals surface area contributed by atoms with Crippen LogP contribution >= 0.6 is 0 Å². The molecule has 0 radical (unpaired) electrons. The number of carbonyl (C=O) groups is 1. The van der Waals surface area contributed by atoms with Crippen LogP contribution in [-0.2, 0) is 9.53 Å². The van der Waals surface area contributed by atoms with Crippen LogP contribution in [0.2, 0.25) is 0 Å². The Labute approximate surface area is 115 Å². The molecule has 108 valence electrons. The standard InChI is InChI=1S/C14H24N2O3/c1-4-16(7-5-6-14(2,3)10-15)12-9-19-8-11(12)13(17)18/h11-12H,4-9H2,1-3H3,(H,17,18). The van der Waals surface area contributed by atoms with Crippen molar-refractivity contribution >= 4 is 5.97 Å². The third-order valence-electron chi connectivity index (χ3n) is 3.79. The van der Waals surface area contributed by atoms with Crippen LogP contribution in [0.1, 0.15) is 33.6 Å². The minimum absolute atomic E-state index is 0.0345. The second-order valence-corrected chi connectivity index (χ2v) is 5.78. The molecule has 0 aromatic heterocycles. The summed E-state index contributed by atoms with van der Waals surface area (Å²) in [5.41, 5.74) is -0.308. The quantitative estimate of drug-likeness (QED) is 0.761. The minimum atomic E-state index is -0.779. The highest BCUT2D eigenvalue weighted by Crippen LogP contribution is 2.24. The number of nitriles is 1. The van der Waals surface area contributed by atoms with Crippen molar-refractivity contribution in [3.8, 4) is 6.07 Å². The fraction of sp³-hybridized carbons (Fsp3) is 0.857. The van der Waals surface area contributed by atoms with Gasteiger partial charge in [0.25, 0.3) is 0 Å². The molecule has 1 fully saturated rings. The van der Waals surface area contributed by atoms with Crippen LogP contribution in [0.25, 0.3) is 0 Å². The molecule has 0 aromatic carbocycles. The summed E-state index contributed by atoms with van der Waals surface area (Å²) in [5.74, 6) is -1.21. The van der Waals surface area contributed by atoms with E-state index >= 15 is 0 Å². The zero-order chi connectivity index (χ0) is 14.5. The molecule has 1 saturated heterocycles. The van der Waals surface area contributed by atoms with E-state index < -0.39 is 11.9 Å². The lowest BCUT2D eigenvalue weighted by Crippen LogP contribution is -2.43. The second-order valence-electron chi connectivity index (χ2n) is 5.78. The number of likely N-dealkylation sites (N-methyl/N-ethyl adjacent to an activating group) is 1. The summed E-state index contributed by atoms with van der Waals surface area (Å²) < 4.78 is 5.31. The average molecular weight is 268 g/mol. The molecule has 1 N–H and O–H groups in total. The Hall–Kier alpha value is -1.12. The molecular formula is C14H24N2O3. The highest BCUT2D eigenvalue weighted by molar-refractivity contribution is 5.71. The molecule has 1 aliphatic rings. The van der Waals surface area contributed by atoms with Crippen LogP contribution in [0.3, 0.4) is 0 Å². The molecule has 0 bridgehead atoms. The maximum absolute atomic E-state index is 11.2. The van der Waals surface area contributed by atoms with Gasteiger partial charge in [-0.2, -0.15) is 5.26 Å². The lowest BCUT2D eigenvalue weighted by Gasteiger charge is -2.29. The monoisotopic (exact) mass is 268 g/mol. The van der Waals surface area contributed by atoms with Crippen molar-refractivity contribution < 1.29 is 14.6 Å². The van der Waals surface area contributed by atoms with Crippen molar-refractivity contribution in [3.63, 3.8) is 0 Å². The fourth-order valence-electron chi connectivity index (χ4n) is 2.48. The molecular weight excluding hydrogens is 244 g/mol. The van der Waals surface area contributed by atoms with E-state index in [-0.39, 0.29) is 11.5 Å². The number of rotatable bonds is 7. The number of hydrogen-bond acceptors (Lipinski definition) is 4. The molecule has 0 amide bonds. The molecule has 19 heavy (non-hydrogen) atoms. The normalized spacial score (nSPS) is 23.5. The number of carboxylic acids is 1. The minimum Gasteiger partial charge on any atom is -0.481 e. The SMILES string of the molecule is CCN(CCCC(C)(C)C#N)C1COCC1C(=O)O. The number of hydrogen-bond donors (Lipinski definition) is 1. The molecule has 1 heterocycles. The first-order valence-corrected chi connectivity index (χ1v) is 6.87. The number of aliphatic carboxylic acids is 1. The van der Waals surface area contributed by atoms with Gasteiger partial charge in [-0.15, -0.1) is 0 Å². The van der Waals surface area contributed by atoms with E-state index in [1.165, 1.54) is 0 Å². The van der Waals surface area contributed by atoms with Crippen molar-refractivity contribution in [2.45, 2.75) is 39.7 Å². The Kier molecular flexibility index (Phi) is 5.77. The summed E-state index contributed by atoms with van der Waals surface area (Å²) in [4.78, 5) is 13.3. The van der Waals surface area contributed by atoms with Gasteiger partial charge in [-0.3, -0.25) is 9.69 Å². The molecule has 2 unspecified atom stereocenters. The van der Waals surface area contributed by atoms with E-state index in [4.69, 9.17) is 10.00 Å². The van der Waals surface area contributed by atoms with Gasteiger partial charge in [0.1, 0.15) is 0 Å². The Morgan fingerprint density at radius 1 is 1.53 bits per heavy atom. The highest BCUT2D eigenvalue weighted by Gasteiger charge is 2.37. The third kappa shape index (κ3) is 4.48. The zero-order valence-corrected chi connectivity index (χ0v) is 12.1. The molecule has 1 aliphatic heterocycles. The first-order valence-electron chi connectivity index (χ1n) is 6.87. The van der Waals surface area contributed by atoms with Crippen LogP contribution in [0.15, 0.2) is 0 Å². The van der Waals surface area contributed by atoms with Gasteiger partial charge in [0.15, 0.2) is 0 Å². The Bertz CT molecular complexity index is 349. The summed E-state index contributed by atoms with van der Waals surface area (Å²) in [5, 5.41) is 18.2. The van der Waals surface area contributed by atoms with E-state index in [2.05, 4.69) is 11.0 Å². The number of carboxylic acid groups (broad SMARTS) is 1. The van der Waals surface area contributed by atoms with E-state index in [1.54, 1.807) is 0 Å². The molecule has 2 atom stereocenters. The predicted octanol–water partition coefficient (Wildman–Crippen LogP) is 1.74. The van der Waals surface area contributed by atoms with Crippen LogP contribution in [0.4, 0.5) is 0 Å². The van der Waals surface area contributed by atoms with Gasteiger partial charge in [0, 0.05) is 6.04 Å². The molecule has 1 rings (SSSR count). The Morgan fingerprint density at radius 2 is 2.21 bits per heavy atom. The molecule has 5 nitrogen and oxygen atoms in total. The number of ether oxygens (including phenoxy) is 1. The predicted molar refractivity (Wildman–Crippen MR) is 71.6 cm³/mol. The zero-order valence-electron chi connectivity index (χ0n) is 12.1. The fourth-order valence-corrected chi connectivity index (χ4v) is 2.48. The lowest BCUT2D eigenvalue weighted by atomic mass is 9.89.